The second-order valence-electron chi connectivity index (χ2n) is 8.34. The van der Waals surface area contributed by atoms with Gasteiger partial charge in [-0.25, -0.2) is 4.98 Å². The molecule has 2 N–H and O–H groups in total. The first kappa shape index (κ1) is 24.7. The van der Waals surface area contributed by atoms with E-state index in [2.05, 4.69) is 15.6 Å². The van der Waals surface area contributed by atoms with Crippen molar-refractivity contribution >= 4 is 23.5 Å². The number of nitrogens with one attached hydrogen (secondary N) is 2. The van der Waals surface area contributed by atoms with E-state index in [4.69, 9.17) is 4.42 Å². The maximum absolute atomic E-state index is 13.4. The summed E-state index contributed by atoms with van der Waals surface area (Å²) in [6, 6.07) is 15.2. The summed E-state index contributed by atoms with van der Waals surface area (Å²) in [6.07, 6.45) is 2.98. The first-order valence-electron chi connectivity index (χ1n) is 11.2. The van der Waals surface area contributed by atoms with Crippen molar-refractivity contribution in [2.24, 2.45) is 0 Å². The molecule has 0 aliphatic carbocycles. The van der Waals surface area contributed by atoms with Crippen molar-refractivity contribution in [3.63, 3.8) is 0 Å². The van der Waals surface area contributed by atoms with Crippen LogP contribution in [0.3, 0.4) is 0 Å². The molecule has 178 valence electrons. The molecule has 0 unspecified atom stereocenters. The van der Waals surface area contributed by atoms with Gasteiger partial charge in [-0.15, -0.1) is 0 Å². The smallest absolute Gasteiger partial charge is 0.247 e. The van der Waals surface area contributed by atoms with Crippen LogP contribution < -0.4 is 10.6 Å². The SMILES string of the molecule is Cc1ccc([C@@H](C(=O)NC(C)C)N(Cc2ccco2)C(=O)CCC(=O)Nc2ccccn2)cc1. The number of hydrogen-bond donors (Lipinski definition) is 2. The Labute approximate surface area is 199 Å². The number of benzene rings is 1. The normalized spacial score (nSPS) is 11.6. The molecule has 1 atom stereocenters. The highest BCUT2D eigenvalue weighted by atomic mass is 16.3. The van der Waals surface area contributed by atoms with Gasteiger partial charge in [0.15, 0.2) is 0 Å². The Balaban J connectivity index is 1.83. The molecule has 0 bridgehead atoms. The number of pyridine rings is 1. The molecule has 0 saturated heterocycles. The van der Waals surface area contributed by atoms with Crippen molar-refractivity contribution in [2.45, 2.75) is 52.2 Å². The van der Waals surface area contributed by atoms with Crippen LogP contribution >= 0.6 is 0 Å². The zero-order chi connectivity index (χ0) is 24.5. The van der Waals surface area contributed by atoms with Gasteiger partial charge in [-0.1, -0.05) is 35.9 Å². The molecule has 0 aliphatic heterocycles. The van der Waals surface area contributed by atoms with Gasteiger partial charge in [0.05, 0.1) is 12.8 Å². The Morgan fingerprint density at radius 3 is 2.38 bits per heavy atom. The van der Waals surface area contributed by atoms with Crippen LogP contribution in [0, 0.1) is 6.92 Å². The minimum atomic E-state index is -0.876. The van der Waals surface area contributed by atoms with Gasteiger partial charge in [0.1, 0.15) is 17.6 Å². The Morgan fingerprint density at radius 1 is 1.00 bits per heavy atom. The molecular weight excluding hydrogens is 432 g/mol. The molecule has 3 aromatic rings. The van der Waals surface area contributed by atoms with Crippen LogP contribution in [-0.2, 0) is 20.9 Å². The predicted octanol–water partition coefficient (Wildman–Crippen LogP) is 4.00. The van der Waals surface area contributed by atoms with E-state index < -0.39 is 6.04 Å². The molecule has 0 aliphatic rings. The number of hydrogen-bond acceptors (Lipinski definition) is 5. The van der Waals surface area contributed by atoms with Crippen LogP contribution in [0.5, 0.6) is 0 Å². The molecule has 2 aromatic heterocycles. The second-order valence-corrected chi connectivity index (χ2v) is 8.34. The maximum atomic E-state index is 13.4. The van der Waals surface area contributed by atoms with Gasteiger partial charge in [-0.05, 0) is 50.6 Å². The lowest BCUT2D eigenvalue weighted by Gasteiger charge is -2.31. The lowest BCUT2D eigenvalue weighted by atomic mass is 10.0. The number of anilines is 1. The third-order valence-electron chi connectivity index (χ3n) is 5.11. The first-order chi connectivity index (χ1) is 16.3. The largest absolute Gasteiger partial charge is 0.467 e. The summed E-state index contributed by atoms with van der Waals surface area (Å²) in [5.74, 6) is -0.000700. The maximum Gasteiger partial charge on any atom is 0.247 e. The van der Waals surface area contributed by atoms with Crippen molar-refractivity contribution in [2.75, 3.05) is 5.32 Å². The Morgan fingerprint density at radius 2 is 1.76 bits per heavy atom. The summed E-state index contributed by atoms with van der Waals surface area (Å²) in [7, 11) is 0. The van der Waals surface area contributed by atoms with Gasteiger partial charge in [0.25, 0.3) is 0 Å². The minimum absolute atomic E-state index is 0.0452. The number of aryl methyl sites for hydroxylation is 1. The number of rotatable bonds is 10. The molecule has 1 aromatic carbocycles. The lowest BCUT2D eigenvalue weighted by Crippen LogP contribution is -2.45. The van der Waals surface area contributed by atoms with Crippen LogP contribution in [0.15, 0.2) is 71.5 Å². The summed E-state index contributed by atoms with van der Waals surface area (Å²) in [5.41, 5.74) is 1.73. The summed E-state index contributed by atoms with van der Waals surface area (Å²) < 4.78 is 5.47. The van der Waals surface area contributed by atoms with Crippen molar-refractivity contribution in [3.05, 3.63) is 83.9 Å². The molecule has 3 amide bonds. The van der Waals surface area contributed by atoms with Gasteiger partial charge >= 0.3 is 0 Å². The Kier molecular flexibility index (Phi) is 8.56. The number of amides is 3. The van der Waals surface area contributed by atoms with E-state index in [1.807, 2.05) is 45.0 Å². The van der Waals surface area contributed by atoms with E-state index in [1.165, 1.54) is 11.2 Å². The molecule has 8 heteroatoms. The molecule has 0 spiro atoms. The summed E-state index contributed by atoms with van der Waals surface area (Å²) in [4.78, 5) is 44.6. The molecule has 8 nitrogen and oxygen atoms in total. The van der Waals surface area contributed by atoms with Crippen molar-refractivity contribution < 1.29 is 18.8 Å². The summed E-state index contributed by atoms with van der Waals surface area (Å²) in [5, 5.41) is 5.60. The van der Waals surface area contributed by atoms with Crippen LogP contribution in [0.25, 0.3) is 0 Å². The lowest BCUT2D eigenvalue weighted by molar-refractivity contribution is -0.142. The monoisotopic (exact) mass is 462 g/mol. The highest BCUT2D eigenvalue weighted by Gasteiger charge is 2.32. The third kappa shape index (κ3) is 7.03. The van der Waals surface area contributed by atoms with Gasteiger partial charge in [0.2, 0.25) is 17.7 Å². The number of nitrogens with zero attached hydrogens (tertiary/aromatic N) is 2. The molecule has 0 radical (unpaired) electrons. The van der Waals surface area contributed by atoms with Gasteiger partial charge in [-0.2, -0.15) is 0 Å². The van der Waals surface area contributed by atoms with Gasteiger partial charge in [0, 0.05) is 25.1 Å². The average Bonchev–Trinajstić information content (AvgIpc) is 3.32. The van der Waals surface area contributed by atoms with E-state index in [9.17, 15) is 14.4 Å². The number of aromatic nitrogens is 1. The van der Waals surface area contributed by atoms with E-state index in [1.54, 1.807) is 36.5 Å². The Bertz CT molecular complexity index is 1080. The van der Waals surface area contributed by atoms with Crippen LogP contribution in [0.1, 0.15) is 49.6 Å². The van der Waals surface area contributed by atoms with Crippen molar-refractivity contribution in [1.29, 1.82) is 0 Å². The zero-order valence-electron chi connectivity index (χ0n) is 19.7. The average molecular weight is 463 g/mol. The fraction of sp³-hybridized carbons (Fsp3) is 0.308. The van der Waals surface area contributed by atoms with Crippen molar-refractivity contribution in [1.82, 2.24) is 15.2 Å². The van der Waals surface area contributed by atoms with Gasteiger partial charge < -0.3 is 20.0 Å². The molecular formula is C26H30N4O4. The number of carbonyl (C=O) groups is 3. The minimum Gasteiger partial charge on any atom is -0.467 e. The van der Waals surface area contributed by atoms with Gasteiger partial charge in [-0.3, -0.25) is 14.4 Å². The van der Waals surface area contributed by atoms with E-state index in [-0.39, 0.29) is 43.1 Å². The number of carbonyl (C=O) groups excluding carboxylic acids is 3. The van der Waals surface area contributed by atoms with E-state index in [0.29, 0.717) is 17.1 Å². The van der Waals surface area contributed by atoms with Crippen molar-refractivity contribution in [3.8, 4) is 0 Å². The topological polar surface area (TPSA) is 105 Å². The van der Waals surface area contributed by atoms with Crippen LogP contribution in [0.4, 0.5) is 5.82 Å². The van der Waals surface area contributed by atoms with E-state index in [0.717, 1.165) is 5.56 Å². The molecule has 3 rings (SSSR count). The Hall–Kier alpha value is -3.94. The van der Waals surface area contributed by atoms with Crippen LogP contribution in [0.2, 0.25) is 0 Å². The standard InChI is InChI=1S/C26H30N4O4/c1-18(2)28-26(33)25(20-11-9-19(3)10-12-20)30(17-21-7-6-16-34-21)24(32)14-13-23(31)29-22-8-4-5-15-27-22/h4-12,15-16,18,25H,13-14,17H2,1-3H3,(H,28,33)(H,27,29,31)/t25-/m0/s1. The van der Waals surface area contributed by atoms with Crippen LogP contribution in [-0.4, -0.2) is 33.6 Å². The second kappa shape index (κ2) is 11.8. The molecule has 0 fully saturated rings. The molecule has 2 heterocycles. The molecule has 0 saturated carbocycles. The summed E-state index contributed by atoms with van der Waals surface area (Å²) in [6.45, 7) is 5.78. The third-order valence-corrected chi connectivity index (χ3v) is 5.11. The fourth-order valence-corrected chi connectivity index (χ4v) is 3.49. The zero-order valence-corrected chi connectivity index (χ0v) is 19.7. The number of furan rings is 1. The quantitative estimate of drug-likeness (QED) is 0.474. The van der Waals surface area contributed by atoms with E-state index >= 15 is 0 Å². The predicted molar refractivity (Wildman–Crippen MR) is 129 cm³/mol. The fourth-order valence-electron chi connectivity index (χ4n) is 3.49. The first-order valence-corrected chi connectivity index (χ1v) is 11.2. The summed E-state index contributed by atoms with van der Waals surface area (Å²) >= 11 is 0. The highest BCUT2D eigenvalue weighted by Crippen LogP contribution is 2.26. The molecule has 34 heavy (non-hydrogen) atoms. The highest BCUT2D eigenvalue weighted by molar-refractivity contribution is 5.94.